The molecule has 0 saturated heterocycles. The first-order valence-corrected chi connectivity index (χ1v) is 11.3. The van der Waals surface area contributed by atoms with Crippen LogP contribution in [0.25, 0.3) is 22.8 Å². The van der Waals surface area contributed by atoms with Gasteiger partial charge in [-0.25, -0.2) is 0 Å². The SMILES string of the molecule is CC1(C)CCc2c(cncc2-c2nc(-c3ccc4c(c3)CCC(NCC(=O)O)C4)no2)C1. The number of carboxylic acid groups (broad SMARTS) is 1. The number of fused-ring (bicyclic) bond motifs is 2. The summed E-state index contributed by atoms with van der Waals surface area (Å²) in [5.41, 5.74) is 7.24. The second-order valence-corrected chi connectivity index (χ2v) is 9.79. The number of aryl methyl sites for hydroxylation is 1. The van der Waals surface area contributed by atoms with Crippen molar-refractivity contribution in [3.8, 4) is 22.8 Å². The van der Waals surface area contributed by atoms with E-state index in [0.29, 0.717) is 17.1 Å². The highest BCUT2D eigenvalue weighted by molar-refractivity contribution is 5.69. The number of rotatable bonds is 5. The van der Waals surface area contributed by atoms with Gasteiger partial charge in [-0.1, -0.05) is 31.1 Å². The van der Waals surface area contributed by atoms with Gasteiger partial charge in [0.2, 0.25) is 5.82 Å². The van der Waals surface area contributed by atoms with Crippen molar-refractivity contribution in [1.29, 1.82) is 0 Å². The van der Waals surface area contributed by atoms with Crippen molar-refractivity contribution in [2.24, 2.45) is 5.41 Å². The van der Waals surface area contributed by atoms with E-state index in [4.69, 9.17) is 14.6 Å². The summed E-state index contributed by atoms with van der Waals surface area (Å²) >= 11 is 0. The normalized spacial score (nSPS) is 19.2. The van der Waals surface area contributed by atoms with Crippen molar-refractivity contribution >= 4 is 5.97 Å². The third-order valence-corrected chi connectivity index (χ3v) is 6.76. The second kappa shape index (κ2) is 8.13. The molecule has 0 bridgehead atoms. The van der Waals surface area contributed by atoms with E-state index in [0.717, 1.165) is 49.7 Å². The van der Waals surface area contributed by atoms with E-state index in [9.17, 15) is 4.79 Å². The van der Waals surface area contributed by atoms with Crippen LogP contribution in [0.2, 0.25) is 0 Å². The number of carbonyl (C=O) groups is 1. The van der Waals surface area contributed by atoms with Crippen molar-refractivity contribution in [1.82, 2.24) is 20.4 Å². The van der Waals surface area contributed by atoms with Crippen LogP contribution in [0, 0.1) is 5.41 Å². The molecule has 0 aliphatic heterocycles. The van der Waals surface area contributed by atoms with Gasteiger partial charge in [-0.3, -0.25) is 9.78 Å². The Labute approximate surface area is 187 Å². The number of hydrogen-bond donors (Lipinski definition) is 2. The summed E-state index contributed by atoms with van der Waals surface area (Å²) in [5, 5.41) is 16.3. The van der Waals surface area contributed by atoms with Gasteiger partial charge in [0.25, 0.3) is 5.89 Å². The molecular formula is C25H28N4O3. The maximum absolute atomic E-state index is 10.8. The number of carboxylic acids is 1. The summed E-state index contributed by atoms with van der Waals surface area (Å²) in [7, 11) is 0. The Balaban J connectivity index is 1.37. The maximum Gasteiger partial charge on any atom is 0.317 e. The van der Waals surface area contributed by atoms with Crippen molar-refractivity contribution in [3.63, 3.8) is 0 Å². The van der Waals surface area contributed by atoms with Gasteiger partial charge < -0.3 is 14.9 Å². The number of pyridine rings is 1. The van der Waals surface area contributed by atoms with Crippen LogP contribution >= 0.6 is 0 Å². The highest BCUT2D eigenvalue weighted by Gasteiger charge is 2.28. The molecule has 2 aliphatic carbocycles. The molecule has 2 aromatic heterocycles. The van der Waals surface area contributed by atoms with E-state index < -0.39 is 5.97 Å². The van der Waals surface area contributed by atoms with Crippen molar-refractivity contribution in [2.45, 2.75) is 58.4 Å². The number of nitrogens with zero attached hydrogens (tertiary/aromatic N) is 3. The van der Waals surface area contributed by atoms with Crippen LogP contribution in [0.4, 0.5) is 0 Å². The largest absolute Gasteiger partial charge is 0.480 e. The number of benzene rings is 1. The zero-order chi connectivity index (χ0) is 22.3. The van der Waals surface area contributed by atoms with Gasteiger partial charge in [0.15, 0.2) is 0 Å². The Morgan fingerprint density at radius 2 is 2.09 bits per heavy atom. The fraction of sp³-hybridized carbons (Fsp3) is 0.440. The van der Waals surface area contributed by atoms with Crippen LogP contribution in [-0.4, -0.2) is 38.8 Å². The Morgan fingerprint density at radius 1 is 1.22 bits per heavy atom. The lowest BCUT2D eigenvalue weighted by molar-refractivity contribution is -0.136. The first kappa shape index (κ1) is 20.8. The first-order chi connectivity index (χ1) is 15.4. The van der Waals surface area contributed by atoms with E-state index in [1.54, 1.807) is 0 Å². The molecule has 5 rings (SSSR count). The quantitative estimate of drug-likeness (QED) is 0.631. The predicted molar refractivity (Wildman–Crippen MR) is 120 cm³/mol. The second-order valence-electron chi connectivity index (χ2n) is 9.79. The Morgan fingerprint density at radius 3 is 2.94 bits per heavy atom. The minimum atomic E-state index is -0.822. The molecule has 7 nitrogen and oxygen atoms in total. The van der Waals surface area contributed by atoms with Crippen LogP contribution < -0.4 is 5.32 Å². The molecule has 32 heavy (non-hydrogen) atoms. The molecular weight excluding hydrogens is 404 g/mol. The number of aromatic nitrogens is 3. The average molecular weight is 433 g/mol. The van der Waals surface area contributed by atoms with E-state index >= 15 is 0 Å². The Hall–Kier alpha value is -3.06. The monoisotopic (exact) mass is 432 g/mol. The summed E-state index contributed by atoms with van der Waals surface area (Å²) in [6.07, 6.45) is 9.59. The molecule has 2 N–H and O–H groups in total. The zero-order valence-corrected chi connectivity index (χ0v) is 18.5. The number of nitrogens with one attached hydrogen (secondary N) is 1. The highest BCUT2D eigenvalue weighted by atomic mass is 16.5. The molecule has 2 aliphatic rings. The van der Waals surface area contributed by atoms with Gasteiger partial charge in [0, 0.05) is 24.0 Å². The maximum atomic E-state index is 10.8. The first-order valence-electron chi connectivity index (χ1n) is 11.3. The molecule has 7 heteroatoms. The third kappa shape index (κ3) is 4.17. The van der Waals surface area contributed by atoms with Crippen LogP contribution in [0.5, 0.6) is 0 Å². The van der Waals surface area contributed by atoms with Gasteiger partial charge in [-0.15, -0.1) is 0 Å². The standard InChI is InChI=1S/C25H28N4O3/c1-25(2)8-7-20-18(11-25)12-26-13-21(20)24-28-23(29-32-24)17-4-3-16-10-19(27-14-22(30)31)6-5-15(16)9-17/h3-4,9,12-13,19,27H,5-8,10-11,14H2,1-2H3,(H,30,31). The van der Waals surface area contributed by atoms with Gasteiger partial charge >= 0.3 is 5.97 Å². The van der Waals surface area contributed by atoms with Crippen molar-refractivity contribution < 1.29 is 14.4 Å². The van der Waals surface area contributed by atoms with Gasteiger partial charge in [0.1, 0.15) is 0 Å². The molecule has 1 atom stereocenters. The fourth-order valence-corrected chi connectivity index (χ4v) is 4.98. The fourth-order valence-electron chi connectivity index (χ4n) is 4.98. The lowest BCUT2D eigenvalue weighted by atomic mass is 9.74. The molecule has 0 spiro atoms. The molecule has 3 aromatic rings. The van der Waals surface area contributed by atoms with Crippen molar-refractivity contribution in [3.05, 3.63) is 52.8 Å². The van der Waals surface area contributed by atoms with Crippen molar-refractivity contribution in [2.75, 3.05) is 6.54 Å². The summed E-state index contributed by atoms with van der Waals surface area (Å²) in [4.78, 5) is 20.0. The smallest absolute Gasteiger partial charge is 0.317 e. The summed E-state index contributed by atoms with van der Waals surface area (Å²) in [5.74, 6) is 0.292. The van der Waals surface area contributed by atoms with Gasteiger partial charge in [-0.2, -0.15) is 4.98 Å². The molecule has 0 fully saturated rings. The van der Waals surface area contributed by atoms with Crippen LogP contribution in [-0.2, 0) is 30.5 Å². The molecule has 1 unspecified atom stereocenters. The number of aliphatic carboxylic acids is 1. The zero-order valence-electron chi connectivity index (χ0n) is 18.5. The molecule has 0 saturated carbocycles. The topological polar surface area (TPSA) is 101 Å². The summed E-state index contributed by atoms with van der Waals surface area (Å²) in [6, 6.07) is 6.46. The Bertz CT molecular complexity index is 1170. The van der Waals surface area contributed by atoms with E-state index in [1.165, 1.54) is 22.3 Å². The molecule has 0 amide bonds. The summed E-state index contributed by atoms with van der Waals surface area (Å²) in [6.45, 7) is 4.60. The average Bonchev–Trinajstić information content (AvgIpc) is 3.26. The van der Waals surface area contributed by atoms with Crippen LogP contribution in [0.1, 0.15) is 48.9 Å². The molecule has 2 heterocycles. The molecule has 166 valence electrons. The lowest BCUT2D eigenvalue weighted by Gasteiger charge is -2.31. The third-order valence-electron chi connectivity index (χ3n) is 6.76. The predicted octanol–water partition coefficient (Wildman–Crippen LogP) is 3.85. The van der Waals surface area contributed by atoms with Crippen LogP contribution in [0.3, 0.4) is 0 Å². The van der Waals surface area contributed by atoms with E-state index in [2.05, 4.69) is 41.4 Å². The molecule has 0 radical (unpaired) electrons. The minimum Gasteiger partial charge on any atom is -0.480 e. The number of hydrogen-bond acceptors (Lipinski definition) is 6. The summed E-state index contributed by atoms with van der Waals surface area (Å²) < 4.78 is 5.67. The van der Waals surface area contributed by atoms with Gasteiger partial charge in [0.05, 0.1) is 12.1 Å². The van der Waals surface area contributed by atoms with E-state index in [1.807, 2.05) is 18.5 Å². The minimum absolute atomic E-state index is 0.000732. The molecule has 1 aromatic carbocycles. The van der Waals surface area contributed by atoms with Gasteiger partial charge in [-0.05, 0) is 72.3 Å². The van der Waals surface area contributed by atoms with Crippen LogP contribution in [0.15, 0.2) is 35.1 Å². The lowest BCUT2D eigenvalue weighted by Crippen LogP contribution is -2.37. The Kier molecular flexibility index (Phi) is 5.29. The highest BCUT2D eigenvalue weighted by Crippen LogP contribution is 2.38. The van der Waals surface area contributed by atoms with E-state index in [-0.39, 0.29) is 12.6 Å².